The van der Waals surface area contributed by atoms with Crippen LogP contribution in [0.4, 0.5) is 5.69 Å². The number of benzene rings is 1. The van der Waals surface area contributed by atoms with E-state index in [1.54, 1.807) is 11.1 Å². The van der Waals surface area contributed by atoms with Gasteiger partial charge in [0.15, 0.2) is 0 Å². The summed E-state index contributed by atoms with van der Waals surface area (Å²) in [5.41, 5.74) is 0.789. The fourth-order valence-corrected chi connectivity index (χ4v) is 2.98. The predicted octanol–water partition coefficient (Wildman–Crippen LogP) is 2.31. The molecule has 0 unspecified atom stereocenters. The summed E-state index contributed by atoms with van der Waals surface area (Å²) < 4.78 is 1.98. The Balaban J connectivity index is 1.76. The highest BCUT2D eigenvalue weighted by atomic mass is 35.5. The first kappa shape index (κ1) is 15.1. The smallest absolute Gasteiger partial charge is 0.241 e. The van der Waals surface area contributed by atoms with E-state index in [1.807, 2.05) is 42.1 Å². The zero-order valence-corrected chi connectivity index (χ0v) is 13.5. The lowest BCUT2D eigenvalue weighted by Gasteiger charge is -2.39. The average Bonchev–Trinajstić information content (AvgIpc) is 2.89. The Labute approximate surface area is 135 Å². The summed E-state index contributed by atoms with van der Waals surface area (Å²) in [7, 11) is 1.97. The largest absolute Gasteiger partial charge is 0.337 e. The molecule has 1 aromatic carbocycles. The number of para-hydroxylation sites is 1. The molecular weight excluding hydrogens is 300 g/mol. The number of nitrogens with zero attached hydrogens (tertiary/aromatic N) is 4. The van der Waals surface area contributed by atoms with Crippen LogP contribution in [0.25, 0.3) is 0 Å². The van der Waals surface area contributed by atoms with Crippen molar-refractivity contribution in [1.82, 2.24) is 14.5 Å². The van der Waals surface area contributed by atoms with Crippen LogP contribution in [0, 0.1) is 0 Å². The minimum atomic E-state index is 0.0698. The lowest BCUT2D eigenvalue weighted by molar-refractivity contribution is -0.122. The van der Waals surface area contributed by atoms with Crippen molar-refractivity contribution in [1.29, 1.82) is 0 Å². The molecule has 1 aliphatic heterocycles. The predicted molar refractivity (Wildman–Crippen MR) is 86.9 cm³/mol. The lowest BCUT2D eigenvalue weighted by atomic mass is 10.1. The number of carbonyl (C=O) groups excluding carboxylic acids is 1. The first-order valence-electron chi connectivity index (χ1n) is 7.31. The molecule has 22 heavy (non-hydrogen) atoms. The van der Waals surface area contributed by atoms with Crippen LogP contribution in [0.2, 0.25) is 5.02 Å². The van der Waals surface area contributed by atoms with Gasteiger partial charge in [0.25, 0.3) is 0 Å². The van der Waals surface area contributed by atoms with Crippen molar-refractivity contribution < 1.29 is 4.79 Å². The van der Waals surface area contributed by atoms with Crippen LogP contribution in [-0.4, -0.2) is 39.5 Å². The second-order valence-corrected chi connectivity index (χ2v) is 6.07. The number of aromatic nitrogens is 2. The van der Waals surface area contributed by atoms with Crippen molar-refractivity contribution in [2.24, 2.45) is 7.05 Å². The van der Waals surface area contributed by atoms with E-state index in [0.717, 1.165) is 11.5 Å². The van der Waals surface area contributed by atoms with Crippen LogP contribution in [-0.2, 0) is 18.4 Å². The van der Waals surface area contributed by atoms with Crippen molar-refractivity contribution in [3.05, 3.63) is 47.5 Å². The summed E-state index contributed by atoms with van der Waals surface area (Å²) in [6.07, 6.45) is 3.70. The van der Waals surface area contributed by atoms with E-state index >= 15 is 0 Å². The molecule has 1 aliphatic rings. The van der Waals surface area contributed by atoms with Crippen LogP contribution in [0.1, 0.15) is 12.7 Å². The average molecular weight is 319 g/mol. The first-order chi connectivity index (χ1) is 10.6. The number of aryl methyl sites for hydroxylation is 1. The number of anilines is 1. The van der Waals surface area contributed by atoms with Crippen LogP contribution in [0.15, 0.2) is 36.7 Å². The first-order valence-corrected chi connectivity index (χ1v) is 7.69. The van der Waals surface area contributed by atoms with Gasteiger partial charge >= 0.3 is 0 Å². The topological polar surface area (TPSA) is 41.4 Å². The molecule has 0 N–H and O–H groups in total. The molecule has 0 radical (unpaired) electrons. The summed E-state index contributed by atoms with van der Waals surface area (Å²) >= 11 is 6.22. The van der Waals surface area contributed by atoms with E-state index in [0.29, 0.717) is 24.7 Å². The van der Waals surface area contributed by atoms with E-state index < -0.39 is 0 Å². The van der Waals surface area contributed by atoms with Gasteiger partial charge in [0.2, 0.25) is 5.91 Å². The van der Waals surface area contributed by atoms with Crippen LogP contribution < -0.4 is 4.90 Å². The summed E-state index contributed by atoms with van der Waals surface area (Å²) in [5.74, 6) is 1.03. The van der Waals surface area contributed by atoms with Crippen LogP contribution in [0.3, 0.4) is 0 Å². The quantitative estimate of drug-likeness (QED) is 0.872. The molecule has 6 heteroatoms. The van der Waals surface area contributed by atoms with Gasteiger partial charge in [-0.2, -0.15) is 0 Å². The van der Waals surface area contributed by atoms with Crippen molar-refractivity contribution in [2.75, 3.05) is 18.0 Å². The maximum atomic E-state index is 12.5. The Morgan fingerprint density at radius 3 is 2.82 bits per heavy atom. The van der Waals surface area contributed by atoms with Gasteiger partial charge in [-0.25, -0.2) is 4.98 Å². The molecule has 1 saturated heterocycles. The third-order valence-electron chi connectivity index (χ3n) is 4.12. The van der Waals surface area contributed by atoms with Gasteiger partial charge in [-0.3, -0.25) is 9.69 Å². The van der Waals surface area contributed by atoms with E-state index in [2.05, 4.69) is 16.8 Å². The number of amides is 1. The number of carbonyl (C=O) groups is 1. The van der Waals surface area contributed by atoms with Gasteiger partial charge < -0.3 is 9.47 Å². The summed E-state index contributed by atoms with van der Waals surface area (Å²) in [4.78, 5) is 20.8. The molecule has 0 bridgehead atoms. The van der Waals surface area contributed by atoms with Crippen molar-refractivity contribution in [2.45, 2.75) is 19.5 Å². The van der Waals surface area contributed by atoms with Crippen molar-refractivity contribution in [3.8, 4) is 0 Å². The number of hydrogen-bond donors (Lipinski definition) is 0. The molecule has 1 amide bonds. The zero-order chi connectivity index (χ0) is 15.7. The Bertz CT molecular complexity index is 684. The third kappa shape index (κ3) is 2.87. The highest BCUT2D eigenvalue weighted by molar-refractivity contribution is 6.33. The van der Waals surface area contributed by atoms with Gasteiger partial charge in [0.05, 0.1) is 23.8 Å². The Kier molecular flexibility index (Phi) is 4.18. The highest BCUT2D eigenvalue weighted by Gasteiger charge is 2.31. The Morgan fingerprint density at radius 1 is 1.36 bits per heavy atom. The number of piperazine rings is 1. The highest BCUT2D eigenvalue weighted by Crippen LogP contribution is 2.28. The number of halogens is 1. The monoisotopic (exact) mass is 318 g/mol. The molecule has 2 heterocycles. The lowest BCUT2D eigenvalue weighted by Crippen LogP contribution is -2.55. The van der Waals surface area contributed by atoms with E-state index in [4.69, 9.17) is 11.6 Å². The molecule has 1 aromatic heterocycles. The molecule has 5 nitrogen and oxygen atoms in total. The molecular formula is C16H19ClN4O. The minimum absolute atomic E-state index is 0.0698. The number of imidazole rings is 1. The molecule has 3 rings (SSSR count). The van der Waals surface area contributed by atoms with E-state index in [1.165, 1.54) is 0 Å². The summed E-state index contributed by atoms with van der Waals surface area (Å²) in [6, 6.07) is 7.72. The molecule has 0 saturated carbocycles. The molecule has 0 spiro atoms. The molecule has 2 aromatic rings. The van der Waals surface area contributed by atoms with Gasteiger partial charge in [-0.05, 0) is 19.1 Å². The van der Waals surface area contributed by atoms with Gasteiger partial charge in [0.1, 0.15) is 5.82 Å². The summed E-state index contributed by atoms with van der Waals surface area (Å²) in [6.45, 7) is 3.80. The SMILES string of the molecule is C[C@@H]1CN(c2ccccc2Cl)C(=O)CN1Cc1nccn1C. The second kappa shape index (κ2) is 6.10. The van der Waals surface area contributed by atoms with Crippen LogP contribution >= 0.6 is 11.6 Å². The Morgan fingerprint density at radius 2 is 2.14 bits per heavy atom. The minimum Gasteiger partial charge on any atom is -0.337 e. The molecule has 0 aliphatic carbocycles. The van der Waals surface area contributed by atoms with Gasteiger partial charge in [-0.1, -0.05) is 23.7 Å². The maximum Gasteiger partial charge on any atom is 0.241 e. The number of hydrogen-bond acceptors (Lipinski definition) is 3. The van der Waals surface area contributed by atoms with Crippen LogP contribution in [0.5, 0.6) is 0 Å². The standard InChI is InChI=1S/C16H19ClN4O/c1-12-9-21(14-6-4-3-5-13(14)17)16(22)11-20(12)10-15-18-7-8-19(15)2/h3-8,12H,9-11H2,1-2H3/t12-/m1/s1. The number of rotatable bonds is 3. The second-order valence-electron chi connectivity index (χ2n) is 5.66. The van der Waals surface area contributed by atoms with Crippen molar-refractivity contribution in [3.63, 3.8) is 0 Å². The zero-order valence-electron chi connectivity index (χ0n) is 12.7. The molecule has 1 atom stereocenters. The van der Waals surface area contributed by atoms with Gasteiger partial charge in [-0.15, -0.1) is 0 Å². The van der Waals surface area contributed by atoms with E-state index in [-0.39, 0.29) is 11.9 Å². The third-order valence-corrected chi connectivity index (χ3v) is 4.44. The fraction of sp³-hybridized carbons (Fsp3) is 0.375. The van der Waals surface area contributed by atoms with Gasteiger partial charge in [0, 0.05) is 32.0 Å². The molecule has 116 valence electrons. The maximum absolute atomic E-state index is 12.5. The summed E-state index contributed by atoms with van der Waals surface area (Å²) in [5, 5.41) is 0.612. The molecule has 1 fully saturated rings. The Hall–Kier alpha value is -1.85. The van der Waals surface area contributed by atoms with E-state index in [9.17, 15) is 4.79 Å². The van der Waals surface area contributed by atoms with Crippen molar-refractivity contribution >= 4 is 23.2 Å². The normalized spacial score (nSPS) is 19.7. The fourth-order valence-electron chi connectivity index (χ4n) is 2.74.